The van der Waals surface area contributed by atoms with Crippen LogP contribution in [0.1, 0.15) is 5.82 Å². The van der Waals surface area contributed by atoms with Crippen molar-refractivity contribution in [1.29, 1.82) is 0 Å². The van der Waals surface area contributed by atoms with E-state index >= 15 is 0 Å². The standard InChI is InChI=1S/C12H18N4O5/c1-9-13-7-11(16(18)19)15(9)4-3-14-5-6-21-10(8-14)12(17)20-2/h7,10H,3-6,8H2,1-2H3. The maximum Gasteiger partial charge on any atom is 0.342 e. The number of hydrogen-bond donors (Lipinski definition) is 0. The molecule has 0 radical (unpaired) electrons. The van der Waals surface area contributed by atoms with Crippen LogP contribution in [0.5, 0.6) is 0 Å². The third kappa shape index (κ3) is 3.56. The van der Waals surface area contributed by atoms with E-state index in [4.69, 9.17) is 4.74 Å². The maximum absolute atomic E-state index is 11.5. The van der Waals surface area contributed by atoms with Gasteiger partial charge in [-0.15, -0.1) is 0 Å². The van der Waals surface area contributed by atoms with Crippen molar-refractivity contribution < 1.29 is 19.2 Å². The van der Waals surface area contributed by atoms with Gasteiger partial charge in [-0.1, -0.05) is 0 Å². The number of ether oxygens (including phenoxy) is 2. The first kappa shape index (κ1) is 15.4. The molecule has 1 aliphatic heterocycles. The van der Waals surface area contributed by atoms with Crippen LogP contribution >= 0.6 is 0 Å². The predicted molar refractivity (Wildman–Crippen MR) is 71.8 cm³/mol. The van der Waals surface area contributed by atoms with E-state index < -0.39 is 17.0 Å². The Hall–Kier alpha value is -2.00. The van der Waals surface area contributed by atoms with Crippen molar-refractivity contribution in [3.63, 3.8) is 0 Å². The highest BCUT2D eigenvalue weighted by molar-refractivity contribution is 5.74. The van der Waals surface area contributed by atoms with Crippen LogP contribution in [-0.2, 0) is 20.8 Å². The third-order valence-electron chi connectivity index (χ3n) is 3.48. The van der Waals surface area contributed by atoms with Gasteiger partial charge in [0.15, 0.2) is 11.9 Å². The zero-order valence-corrected chi connectivity index (χ0v) is 12.0. The van der Waals surface area contributed by atoms with Gasteiger partial charge in [0.25, 0.3) is 0 Å². The molecule has 0 saturated carbocycles. The van der Waals surface area contributed by atoms with Gasteiger partial charge in [0.2, 0.25) is 0 Å². The van der Waals surface area contributed by atoms with Crippen LogP contribution in [0.2, 0.25) is 0 Å². The molecule has 1 aliphatic rings. The number of hydrogen-bond acceptors (Lipinski definition) is 7. The van der Waals surface area contributed by atoms with Crippen LogP contribution in [-0.4, -0.2) is 64.8 Å². The molecule has 1 atom stereocenters. The van der Waals surface area contributed by atoms with E-state index in [1.165, 1.54) is 13.3 Å². The van der Waals surface area contributed by atoms with Gasteiger partial charge in [0, 0.05) is 26.6 Å². The Balaban J connectivity index is 1.95. The van der Waals surface area contributed by atoms with Crippen LogP contribution in [0, 0.1) is 17.0 Å². The fourth-order valence-electron chi connectivity index (χ4n) is 2.30. The highest BCUT2D eigenvalue weighted by Crippen LogP contribution is 2.14. The first-order valence-corrected chi connectivity index (χ1v) is 6.61. The third-order valence-corrected chi connectivity index (χ3v) is 3.48. The largest absolute Gasteiger partial charge is 0.467 e. The van der Waals surface area contributed by atoms with E-state index in [0.29, 0.717) is 38.6 Å². The number of nitro groups is 1. The number of imidazole rings is 1. The number of carbonyl (C=O) groups excluding carboxylic acids is 1. The number of rotatable bonds is 5. The quantitative estimate of drug-likeness (QED) is 0.427. The molecule has 116 valence electrons. The summed E-state index contributed by atoms with van der Waals surface area (Å²) in [5, 5.41) is 10.9. The molecule has 0 spiro atoms. The molecule has 2 heterocycles. The number of aryl methyl sites for hydroxylation is 1. The average molecular weight is 298 g/mol. The van der Waals surface area contributed by atoms with E-state index in [0.717, 1.165) is 0 Å². The second-order valence-corrected chi connectivity index (χ2v) is 4.76. The zero-order valence-electron chi connectivity index (χ0n) is 12.0. The molecule has 21 heavy (non-hydrogen) atoms. The van der Waals surface area contributed by atoms with Gasteiger partial charge in [-0.05, 0) is 4.92 Å². The van der Waals surface area contributed by atoms with Gasteiger partial charge in [0.1, 0.15) is 12.7 Å². The van der Waals surface area contributed by atoms with Gasteiger partial charge in [-0.2, -0.15) is 0 Å². The molecule has 2 rings (SSSR count). The Morgan fingerprint density at radius 2 is 2.38 bits per heavy atom. The maximum atomic E-state index is 11.5. The fourth-order valence-corrected chi connectivity index (χ4v) is 2.30. The van der Waals surface area contributed by atoms with Crippen molar-refractivity contribution in [3.05, 3.63) is 22.1 Å². The summed E-state index contributed by atoms with van der Waals surface area (Å²) < 4.78 is 11.6. The predicted octanol–water partition coefficient (Wildman–Crippen LogP) is -0.0265. The molecule has 0 aromatic carbocycles. The minimum absolute atomic E-state index is 0.0229. The fraction of sp³-hybridized carbons (Fsp3) is 0.667. The number of methoxy groups -OCH3 is 1. The van der Waals surface area contributed by atoms with Crippen molar-refractivity contribution >= 4 is 11.8 Å². The minimum atomic E-state index is -0.595. The molecule has 9 heteroatoms. The van der Waals surface area contributed by atoms with E-state index in [9.17, 15) is 14.9 Å². The number of aromatic nitrogens is 2. The smallest absolute Gasteiger partial charge is 0.342 e. The van der Waals surface area contributed by atoms with Crippen molar-refractivity contribution in [3.8, 4) is 0 Å². The van der Waals surface area contributed by atoms with Crippen molar-refractivity contribution in [2.75, 3.05) is 33.4 Å². The Kier molecular flexibility index (Phi) is 4.86. The van der Waals surface area contributed by atoms with Crippen LogP contribution in [0.15, 0.2) is 6.20 Å². The van der Waals surface area contributed by atoms with Crippen molar-refractivity contribution in [2.45, 2.75) is 19.6 Å². The van der Waals surface area contributed by atoms with Gasteiger partial charge < -0.3 is 19.6 Å². The molecule has 0 bridgehead atoms. The van der Waals surface area contributed by atoms with Crippen LogP contribution in [0.4, 0.5) is 5.82 Å². The summed E-state index contributed by atoms with van der Waals surface area (Å²) in [6.45, 7) is 4.28. The van der Waals surface area contributed by atoms with Crippen molar-refractivity contribution in [2.24, 2.45) is 0 Å². The topological polar surface area (TPSA) is 99.7 Å². The molecular weight excluding hydrogens is 280 g/mol. The number of nitrogens with zero attached hydrogens (tertiary/aromatic N) is 4. The molecule has 1 aromatic heterocycles. The number of esters is 1. The summed E-state index contributed by atoms with van der Waals surface area (Å²) in [6, 6.07) is 0. The van der Waals surface area contributed by atoms with Gasteiger partial charge in [-0.3, -0.25) is 4.90 Å². The van der Waals surface area contributed by atoms with Gasteiger partial charge in [0.05, 0.1) is 13.7 Å². The lowest BCUT2D eigenvalue weighted by molar-refractivity contribution is -0.392. The lowest BCUT2D eigenvalue weighted by atomic mass is 10.2. The normalized spacial score (nSPS) is 19.4. The Labute approximate surface area is 121 Å². The van der Waals surface area contributed by atoms with E-state index in [1.54, 1.807) is 11.5 Å². The molecule has 1 fully saturated rings. The van der Waals surface area contributed by atoms with Crippen LogP contribution in [0.3, 0.4) is 0 Å². The molecule has 1 aromatic rings. The summed E-state index contributed by atoms with van der Waals surface area (Å²) in [5.41, 5.74) is 0. The summed E-state index contributed by atoms with van der Waals surface area (Å²) in [5.74, 6) is 0.175. The van der Waals surface area contributed by atoms with E-state index in [-0.39, 0.29) is 5.82 Å². The highest BCUT2D eigenvalue weighted by Gasteiger charge is 2.28. The number of morpholine rings is 1. The number of carbonyl (C=O) groups is 1. The second-order valence-electron chi connectivity index (χ2n) is 4.76. The molecule has 1 saturated heterocycles. The van der Waals surface area contributed by atoms with E-state index in [1.807, 2.05) is 4.90 Å². The summed E-state index contributed by atoms with van der Waals surface area (Å²) in [7, 11) is 1.32. The molecule has 1 unspecified atom stereocenters. The lowest BCUT2D eigenvalue weighted by Crippen LogP contribution is -2.47. The monoisotopic (exact) mass is 298 g/mol. The highest BCUT2D eigenvalue weighted by atomic mass is 16.6. The first-order chi connectivity index (χ1) is 10.0. The SMILES string of the molecule is COC(=O)C1CN(CCn2c([N+](=O)[O-])cnc2C)CCO1. The first-order valence-electron chi connectivity index (χ1n) is 6.61. The van der Waals surface area contributed by atoms with Gasteiger partial charge >= 0.3 is 11.8 Å². The van der Waals surface area contributed by atoms with Crippen molar-refractivity contribution in [1.82, 2.24) is 14.5 Å². The Morgan fingerprint density at radius 3 is 3.05 bits per heavy atom. The Morgan fingerprint density at radius 1 is 1.62 bits per heavy atom. The van der Waals surface area contributed by atoms with Crippen LogP contribution in [0.25, 0.3) is 0 Å². The molecular formula is C12H18N4O5. The lowest BCUT2D eigenvalue weighted by Gasteiger charge is -2.30. The summed E-state index contributed by atoms with van der Waals surface area (Å²) in [4.78, 5) is 27.9. The van der Waals surface area contributed by atoms with Gasteiger partial charge in [-0.25, -0.2) is 14.3 Å². The molecule has 0 N–H and O–H groups in total. The summed E-state index contributed by atoms with van der Waals surface area (Å²) >= 11 is 0. The Bertz CT molecular complexity index is 530. The van der Waals surface area contributed by atoms with E-state index in [2.05, 4.69) is 9.72 Å². The van der Waals surface area contributed by atoms with Crippen LogP contribution < -0.4 is 0 Å². The molecule has 9 nitrogen and oxygen atoms in total. The summed E-state index contributed by atoms with van der Waals surface area (Å²) in [6.07, 6.45) is 0.661. The average Bonchev–Trinajstić information content (AvgIpc) is 2.85. The minimum Gasteiger partial charge on any atom is -0.467 e. The molecule has 0 amide bonds. The molecule has 0 aliphatic carbocycles. The zero-order chi connectivity index (χ0) is 15.4. The second kappa shape index (κ2) is 6.64.